The molecular formula is C13H22N2O. The molecule has 1 saturated heterocycles. The second kappa shape index (κ2) is 6.04. The number of rotatable bonds is 3. The highest BCUT2D eigenvalue weighted by atomic mass is 16.2. The molecule has 2 aliphatic heterocycles. The average Bonchev–Trinajstić information content (AvgIpc) is 2.38. The van der Waals surface area contributed by atoms with Gasteiger partial charge in [-0.2, -0.15) is 0 Å². The van der Waals surface area contributed by atoms with Crippen molar-refractivity contribution in [2.45, 2.75) is 38.5 Å². The Morgan fingerprint density at radius 3 is 2.81 bits per heavy atom. The van der Waals surface area contributed by atoms with Gasteiger partial charge in [0.2, 0.25) is 5.91 Å². The lowest BCUT2D eigenvalue weighted by molar-refractivity contribution is -0.132. The molecule has 1 amide bonds. The van der Waals surface area contributed by atoms with Crippen LogP contribution in [0, 0.1) is 0 Å². The molecule has 0 aromatic carbocycles. The van der Waals surface area contributed by atoms with Gasteiger partial charge >= 0.3 is 0 Å². The van der Waals surface area contributed by atoms with Crippen molar-refractivity contribution in [2.75, 3.05) is 26.2 Å². The molecule has 0 aromatic heterocycles. The second-order valence-corrected chi connectivity index (χ2v) is 4.77. The molecule has 0 atom stereocenters. The molecule has 16 heavy (non-hydrogen) atoms. The molecule has 0 radical (unpaired) electrons. The number of carbonyl (C=O) groups is 1. The molecule has 0 saturated carbocycles. The van der Waals surface area contributed by atoms with Crippen molar-refractivity contribution < 1.29 is 4.79 Å². The van der Waals surface area contributed by atoms with Gasteiger partial charge in [-0.3, -0.25) is 4.79 Å². The first kappa shape index (κ1) is 11.6. The third kappa shape index (κ3) is 3.34. The van der Waals surface area contributed by atoms with E-state index in [4.69, 9.17) is 0 Å². The minimum absolute atomic E-state index is 0.353. The molecule has 3 nitrogen and oxygen atoms in total. The van der Waals surface area contributed by atoms with Crippen LogP contribution in [-0.4, -0.2) is 37.0 Å². The maximum Gasteiger partial charge on any atom is 0.222 e. The minimum atomic E-state index is 0.353. The van der Waals surface area contributed by atoms with Crippen LogP contribution in [0.3, 0.4) is 0 Å². The molecule has 1 fully saturated rings. The van der Waals surface area contributed by atoms with Crippen LogP contribution < -0.4 is 5.32 Å². The van der Waals surface area contributed by atoms with Gasteiger partial charge in [0, 0.05) is 26.1 Å². The van der Waals surface area contributed by atoms with E-state index in [-0.39, 0.29) is 0 Å². The summed E-state index contributed by atoms with van der Waals surface area (Å²) in [5, 5.41) is 3.34. The topological polar surface area (TPSA) is 32.3 Å². The van der Waals surface area contributed by atoms with Gasteiger partial charge in [0.1, 0.15) is 0 Å². The van der Waals surface area contributed by atoms with Crippen LogP contribution in [0.1, 0.15) is 38.5 Å². The van der Waals surface area contributed by atoms with E-state index in [9.17, 15) is 4.79 Å². The first-order valence-electron chi connectivity index (χ1n) is 6.52. The van der Waals surface area contributed by atoms with Gasteiger partial charge in [-0.25, -0.2) is 0 Å². The zero-order valence-corrected chi connectivity index (χ0v) is 10.0. The first-order valence-corrected chi connectivity index (χ1v) is 6.52. The summed E-state index contributed by atoms with van der Waals surface area (Å²) < 4.78 is 0. The van der Waals surface area contributed by atoms with Crippen molar-refractivity contribution in [3.63, 3.8) is 0 Å². The van der Waals surface area contributed by atoms with E-state index >= 15 is 0 Å². The molecule has 2 aliphatic rings. The number of nitrogens with one attached hydrogen (secondary N) is 1. The Morgan fingerprint density at radius 1 is 1.31 bits per heavy atom. The van der Waals surface area contributed by atoms with E-state index in [0.29, 0.717) is 12.3 Å². The predicted octanol–water partition coefficient (Wildman–Crippen LogP) is 1.70. The van der Waals surface area contributed by atoms with Crippen molar-refractivity contribution >= 4 is 5.91 Å². The summed E-state index contributed by atoms with van der Waals surface area (Å²) in [6.45, 7) is 4.03. The van der Waals surface area contributed by atoms with E-state index in [1.165, 1.54) is 24.8 Å². The SMILES string of the molecule is O=C(CCC1=CCCNC1)N1CCCCC1. The van der Waals surface area contributed by atoms with Gasteiger partial charge in [0.25, 0.3) is 0 Å². The third-order valence-electron chi connectivity index (χ3n) is 3.47. The van der Waals surface area contributed by atoms with Crippen LogP contribution >= 0.6 is 0 Å². The van der Waals surface area contributed by atoms with Crippen molar-refractivity contribution in [3.8, 4) is 0 Å². The fourth-order valence-corrected chi connectivity index (χ4v) is 2.46. The number of nitrogens with zero attached hydrogens (tertiary/aromatic N) is 1. The molecule has 0 aromatic rings. The van der Waals surface area contributed by atoms with Crippen LogP contribution in [0.15, 0.2) is 11.6 Å². The fourth-order valence-electron chi connectivity index (χ4n) is 2.46. The molecule has 2 rings (SSSR count). The Bertz CT molecular complexity index is 267. The Hall–Kier alpha value is -0.830. The maximum atomic E-state index is 11.9. The molecule has 0 aliphatic carbocycles. The molecule has 3 heteroatoms. The van der Waals surface area contributed by atoms with Gasteiger partial charge < -0.3 is 10.2 Å². The van der Waals surface area contributed by atoms with E-state index in [1.54, 1.807) is 0 Å². The zero-order valence-electron chi connectivity index (χ0n) is 10.0. The molecule has 90 valence electrons. The van der Waals surface area contributed by atoms with Crippen LogP contribution in [0.4, 0.5) is 0 Å². The number of carbonyl (C=O) groups excluding carboxylic acids is 1. The monoisotopic (exact) mass is 222 g/mol. The summed E-state index contributed by atoms with van der Waals surface area (Å²) in [6, 6.07) is 0. The Kier molecular flexibility index (Phi) is 4.40. The van der Waals surface area contributed by atoms with Gasteiger partial charge in [-0.1, -0.05) is 11.6 Å². The van der Waals surface area contributed by atoms with E-state index < -0.39 is 0 Å². The average molecular weight is 222 g/mol. The largest absolute Gasteiger partial charge is 0.343 e. The quantitative estimate of drug-likeness (QED) is 0.737. The Morgan fingerprint density at radius 2 is 2.12 bits per heavy atom. The van der Waals surface area contributed by atoms with Crippen molar-refractivity contribution in [1.29, 1.82) is 0 Å². The lowest BCUT2D eigenvalue weighted by Crippen LogP contribution is -2.35. The van der Waals surface area contributed by atoms with Crippen molar-refractivity contribution in [3.05, 3.63) is 11.6 Å². The fraction of sp³-hybridized carbons (Fsp3) is 0.769. The van der Waals surface area contributed by atoms with E-state index in [2.05, 4.69) is 11.4 Å². The summed E-state index contributed by atoms with van der Waals surface area (Å²) in [4.78, 5) is 14.0. The van der Waals surface area contributed by atoms with E-state index in [1.807, 2.05) is 4.90 Å². The third-order valence-corrected chi connectivity index (χ3v) is 3.47. The highest BCUT2D eigenvalue weighted by Crippen LogP contribution is 2.14. The van der Waals surface area contributed by atoms with Crippen molar-refractivity contribution in [2.24, 2.45) is 0 Å². The van der Waals surface area contributed by atoms with Crippen LogP contribution in [0.5, 0.6) is 0 Å². The lowest BCUT2D eigenvalue weighted by Gasteiger charge is -2.27. The predicted molar refractivity (Wildman–Crippen MR) is 65.2 cm³/mol. The molecule has 1 N–H and O–H groups in total. The summed E-state index contributed by atoms with van der Waals surface area (Å²) >= 11 is 0. The zero-order chi connectivity index (χ0) is 11.2. The summed E-state index contributed by atoms with van der Waals surface area (Å²) in [5.74, 6) is 0.353. The number of amides is 1. The maximum absolute atomic E-state index is 11.9. The number of hydrogen-bond donors (Lipinski definition) is 1. The molecule has 0 bridgehead atoms. The minimum Gasteiger partial charge on any atom is -0.343 e. The number of hydrogen-bond acceptors (Lipinski definition) is 2. The highest BCUT2D eigenvalue weighted by Gasteiger charge is 2.16. The number of likely N-dealkylation sites (tertiary alicyclic amines) is 1. The second-order valence-electron chi connectivity index (χ2n) is 4.77. The van der Waals surface area contributed by atoms with Gasteiger partial charge in [0.15, 0.2) is 0 Å². The van der Waals surface area contributed by atoms with Gasteiger partial charge in [-0.15, -0.1) is 0 Å². The van der Waals surface area contributed by atoms with E-state index in [0.717, 1.165) is 39.0 Å². The Labute approximate surface area is 97.9 Å². The molecule has 0 unspecified atom stereocenters. The van der Waals surface area contributed by atoms with Crippen LogP contribution in [0.25, 0.3) is 0 Å². The Balaban J connectivity index is 1.72. The highest BCUT2D eigenvalue weighted by molar-refractivity contribution is 5.76. The van der Waals surface area contributed by atoms with Crippen molar-refractivity contribution in [1.82, 2.24) is 10.2 Å². The standard InChI is InChI=1S/C13H22N2O/c16-13(15-9-2-1-3-10-15)7-6-12-5-4-8-14-11-12/h5,14H,1-4,6-11H2. The van der Waals surface area contributed by atoms with Crippen LogP contribution in [-0.2, 0) is 4.79 Å². The summed E-state index contributed by atoms with van der Waals surface area (Å²) in [5.41, 5.74) is 1.41. The summed E-state index contributed by atoms with van der Waals surface area (Å²) in [7, 11) is 0. The molecule has 0 spiro atoms. The smallest absolute Gasteiger partial charge is 0.222 e. The number of piperidine rings is 1. The normalized spacial score (nSPS) is 21.8. The molecule has 2 heterocycles. The van der Waals surface area contributed by atoms with Gasteiger partial charge in [0.05, 0.1) is 0 Å². The molecular weight excluding hydrogens is 200 g/mol. The van der Waals surface area contributed by atoms with Gasteiger partial charge in [-0.05, 0) is 38.6 Å². The lowest BCUT2D eigenvalue weighted by atomic mass is 10.0. The van der Waals surface area contributed by atoms with Crippen LogP contribution in [0.2, 0.25) is 0 Å². The first-order chi connectivity index (χ1) is 7.86. The summed E-state index contributed by atoms with van der Waals surface area (Å²) in [6.07, 6.45) is 8.73.